The minimum Gasteiger partial charge on any atom is -0.512 e. The molecule has 0 aliphatic rings. The van der Waals surface area contributed by atoms with Gasteiger partial charge in [-0.1, -0.05) is 0 Å². The van der Waals surface area contributed by atoms with E-state index in [0.29, 0.717) is 0 Å². The van der Waals surface area contributed by atoms with Crippen LogP contribution in [0.5, 0.6) is 0 Å². The predicted octanol–water partition coefficient (Wildman–Crippen LogP) is 0.287. The van der Waals surface area contributed by atoms with Crippen LogP contribution < -0.4 is 0 Å². The van der Waals surface area contributed by atoms with Crippen LogP contribution in [0.4, 0.5) is 0 Å². The quantitative estimate of drug-likeness (QED) is 0.355. The molecule has 0 aromatic carbocycles. The average molecular weight is 137 g/mol. The third kappa shape index (κ3) is 40.6. The van der Waals surface area contributed by atoms with Crippen molar-refractivity contribution in [3.63, 3.8) is 0 Å². The van der Waals surface area contributed by atoms with Crippen molar-refractivity contribution in [2.45, 2.75) is 0 Å². The Hall–Kier alpha value is -1.04. The third-order valence-corrected chi connectivity index (χ3v) is 0. The Morgan fingerprint density at radius 3 is 0.571 bits per heavy atom. The summed E-state index contributed by atoms with van der Waals surface area (Å²) in [6, 6.07) is 0. The van der Waals surface area contributed by atoms with Crippen LogP contribution in [-0.2, 0) is 16.5 Å². The summed E-state index contributed by atoms with van der Waals surface area (Å²) >= 11 is 0. The summed E-state index contributed by atoms with van der Waals surface area (Å²) in [6.45, 7) is 14.2. The Labute approximate surface area is 52.7 Å². The van der Waals surface area contributed by atoms with Crippen molar-refractivity contribution in [1.29, 1.82) is 15.8 Å². The molecule has 0 rings (SSSR count). The van der Waals surface area contributed by atoms with E-state index in [1.807, 2.05) is 0 Å². The molecule has 0 aromatic heterocycles. The van der Waals surface area contributed by atoms with Gasteiger partial charge in [0.1, 0.15) is 0 Å². The summed E-state index contributed by atoms with van der Waals surface area (Å²) in [5, 5.41) is 18.8. The van der Waals surface area contributed by atoms with E-state index in [-0.39, 0.29) is 16.5 Å². The van der Waals surface area contributed by atoms with Crippen LogP contribution in [0, 0.1) is 35.5 Å². The molecule has 0 spiro atoms. The molecule has 0 fully saturated rings. The monoisotopic (exact) mass is 136 g/mol. The van der Waals surface area contributed by atoms with Gasteiger partial charge >= 0.3 is 16.5 Å². The maximum absolute atomic E-state index is 6.25. The SMILES string of the molecule is [C-]#N.[C-]#N.[C-]#N.[Ni+3]. The van der Waals surface area contributed by atoms with Gasteiger partial charge in [-0.3, -0.25) is 0 Å². The van der Waals surface area contributed by atoms with Gasteiger partial charge in [-0.25, -0.2) is 0 Å². The molecule has 0 saturated carbocycles. The van der Waals surface area contributed by atoms with Crippen LogP contribution in [0.15, 0.2) is 0 Å². The summed E-state index contributed by atoms with van der Waals surface area (Å²) in [4.78, 5) is 0. The summed E-state index contributed by atoms with van der Waals surface area (Å²) in [6.07, 6.45) is 0. The molecule has 0 aliphatic carbocycles. The zero-order valence-corrected chi connectivity index (χ0v) is 4.15. The summed E-state index contributed by atoms with van der Waals surface area (Å²) in [5.41, 5.74) is 0. The molecule has 0 unspecified atom stereocenters. The van der Waals surface area contributed by atoms with Gasteiger partial charge in [0.05, 0.1) is 0 Å². The van der Waals surface area contributed by atoms with E-state index in [0.717, 1.165) is 0 Å². The van der Waals surface area contributed by atoms with Gasteiger partial charge in [-0.05, 0) is 0 Å². The summed E-state index contributed by atoms with van der Waals surface area (Å²) in [7, 11) is 0. The van der Waals surface area contributed by atoms with E-state index in [4.69, 9.17) is 35.5 Å². The van der Waals surface area contributed by atoms with Gasteiger partial charge in [-0.15, -0.1) is 0 Å². The van der Waals surface area contributed by atoms with Crippen molar-refractivity contribution in [3.05, 3.63) is 19.7 Å². The summed E-state index contributed by atoms with van der Waals surface area (Å²) < 4.78 is 0. The van der Waals surface area contributed by atoms with E-state index in [1.165, 1.54) is 0 Å². The third-order valence-electron chi connectivity index (χ3n) is 0. The van der Waals surface area contributed by atoms with Gasteiger partial charge in [0.15, 0.2) is 0 Å². The molecule has 0 amide bonds. The van der Waals surface area contributed by atoms with Gasteiger partial charge in [0.2, 0.25) is 0 Å². The van der Waals surface area contributed by atoms with Gasteiger partial charge in [-0.2, -0.15) is 0 Å². The maximum atomic E-state index is 6.25. The molecule has 0 heterocycles. The van der Waals surface area contributed by atoms with Crippen LogP contribution in [0.25, 0.3) is 0 Å². The minimum absolute atomic E-state index is 0. The van der Waals surface area contributed by atoms with E-state index >= 15 is 0 Å². The predicted molar refractivity (Wildman–Crippen MR) is 14.9 cm³/mol. The zero-order chi connectivity index (χ0) is 6.00. The molecule has 1 radical (unpaired) electrons. The smallest absolute Gasteiger partial charge is 0.512 e. The zero-order valence-electron chi connectivity index (χ0n) is 3.16. The van der Waals surface area contributed by atoms with E-state index in [9.17, 15) is 0 Å². The largest absolute Gasteiger partial charge is 3.00 e. The molecule has 3 nitrogen and oxygen atoms in total. The molecule has 0 saturated heterocycles. The standard InChI is InChI=1S/3CN.Ni/c3*1-2;/q3*-1;+3. The molecule has 0 aromatic rings. The molecule has 0 aliphatic heterocycles. The van der Waals surface area contributed by atoms with Crippen LogP contribution in [-0.4, -0.2) is 0 Å². The molecule has 4 heteroatoms. The summed E-state index contributed by atoms with van der Waals surface area (Å²) in [5.74, 6) is 0. The van der Waals surface area contributed by atoms with Gasteiger partial charge in [0, 0.05) is 0 Å². The van der Waals surface area contributed by atoms with Gasteiger partial charge in [0.25, 0.3) is 0 Å². The van der Waals surface area contributed by atoms with Crippen molar-refractivity contribution in [3.8, 4) is 0 Å². The Balaban J connectivity index is -0.00000000900. The molecular weight excluding hydrogens is 137 g/mol. The van der Waals surface area contributed by atoms with Crippen molar-refractivity contribution >= 4 is 0 Å². The van der Waals surface area contributed by atoms with E-state index in [1.54, 1.807) is 0 Å². The van der Waals surface area contributed by atoms with E-state index in [2.05, 4.69) is 0 Å². The van der Waals surface area contributed by atoms with Crippen molar-refractivity contribution in [1.82, 2.24) is 0 Å². The molecular formula is C3N3Ni. The second-order valence-corrected chi connectivity index (χ2v) is 0. The van der Waals surface area contributed by atoms with Crippen molar-refractivity contribution < 1.29 is 16.5 Å². The molecule has 0 atom stereocenters. The Morgan fingerprint density at radius 2 is 0.571 bits per heavy atom. The first-order chi connectivity index (χ1) is 3.00. The Morgan fingerprint density at radius 1 is 0.571 bits per heavy atom. The Bertz CT molecular complexity index is 38.7. The normalized spacial score (nSPS) is 0.857. The second kappa shape index (κ2) is 72.6. The molecule has 7 heavy (non-hydrogen) atoms. The van der Waals surface area contributed by atoms with E-state index < -0.39 is 0 Å². The first kappa shape index (κ1) is 38.1. The van der Waals surface area contributed by atoms with Crippen LogP contribution >= 0.6 is 0 Å². The first-order valence-corrected chi connectivity index (χ1v) is 0.671. The number of rotatable bonds is 0. The maximum Gasteiger partial charge on any atom is 3.00 e. The number of nitrogens with zero attached hydrogens (tertiary/aromatic N) is 3. The number of hydrogen-bond donors (Lipinski definition) is 0. The van der Waals surface area contributed by atoms with Gasteiger partial charge < -0.3 is 35.5 Å². The molecule has 0 N–H and O–H groups in total. The van der Waals surface area contributed by atoms with Crippen LogP contribution in [0.3, 0.4) is 0 Å². The molecule has 0 bridgehead atoms. The van der Waals surface area contributed by atoms with Crippen molar-refractivity contribution in [2.24, 2.45) is 0 Å². The first-order valence-electron chi connectivity index (χ1n) is 0.671. The average Bonchev–Trinajstić information content (AvgIpc) is 1.81. The van der Waals surface area contributed by atoms with Crippen LogP contribution in [0.2, 0.25) is 0 Å². The fraction of sp³-hybridized carbons (Fsp3) is 0. The molecule has 37 valence electrons. The second-order valence-electron chi connectivity index (χ2n) is 0. The van der Waals surface area contributed by atoms with Crippen LogP contribution in [0.1, 0.15) is 0 Å². The fourth-order valence-corrected chi connectivity index (χ4v) is 0. The van der Waals surface area contributed by atoms with Crippen molar-refractivity contribution in [2.75, 3.05) is 0 Å². The Kier molecular flexibility index (Phi) is 395. The fourth-order valence-electron chi connectivity index (χ4n) is 0. The number of hydrogen-bond acceptors (Lipinski definition) is 3. The topological polar surface area (TPSA) is 71.4 Å². The minimum atomic E-state index is 0.